The first-order valence-corrected chi connectivity index (χ1v) is 9.91. The molecule has 0 aromatic heterocycles. The van der Waals surface area contributed by atoms with Crippen LogP contribution in [-0.2, 0) is 16.1 Å². The number of carbonyl (C=O) groups is 3. The Bertz CT molecular complexity index is 939. The second-order valence-electron chi connectivity index (χ2n) is 8.32. The highest BCUT2D eigenvalue weighted by molar-refractivity contribution is 6.02. The predicted molar refractivity (Wildman–Crippen MR) is 110 cm³/mol. The van der Waals surface area contributed by atoms with Gasteiger partial charge in [0, 0.05) is 30.5 Å². The largest absolute Gasteiger partial charge is 0.334 e. The van der Waals surface area contributed by atoms with Crippen LogP contribution < -0.4 is 10.6 Å². The number of hydrogen-bond donors (Lipinski definition) is 2. The average molecular weight is 391 g/mol. The van der Waals surface area contributed by atoms with Gasteiger partial charge in [-0.05, 0) is 22.6 Å². The van der Waals surface area contributed by atoms with Gasteiger partial charge in [0.15, 0.2) is 0 Å². The van der Waals surface area contributed by atoms with Crippen LogP contribution in [-0.4, -0.2) is 28.8 Å². The van der Waals surface area contributed by atoms with Crippen LogP contribution in [0, 0.1) is 5.41 Å². The number of likely N-dealkylation sites (tertiary alicyclic amines) is 1. The molecule has 6 heteroatoms. The van der Waals surface area contributed by atoms with E-state index in [1.54, 1.807) is 6.07 Å². The van der Waals surface area contributed by atoms with Gasteiger partial charge in [-0.1, -0.05) is 62.4 Å². The quantitative estimate of drug-likeness (QED) is 0.764. The molecule has 1 saturated heterocycles. The van der Waals surface area contributed by atoms with E-state index in [2.05, 4.69) is 36.6 Å². The zero-order valence-electron chi connectivity index (χ0n) is 16.6. The van der Waals surface area contributed by atoms with E-state index in [1.807, 2.05) is 36.4 Å². The summed E-state index contributed by atoms with van der Waals surface area (Å²) >= 11 is 0. The van der Waals surface area contributed by atoms with Crippen LogP contribution in [0.5, 0.6) is 0 Å². The maximum atomic E-state index is 12.7. The Kier molecular flexibility index (Phi) is 4.86. The van der Waals surface area contributed by atoms with Crippen LogP contribution in [0.25, 0.3) is 0 Å². The summed E-state index contributed by atoms with van der Waals surface area (Å²) in [4.78, 5) is 37.8. The second kappa shape index (κ2) is 7.35. The van der Waals surface area contributed by atoms with Crippen molar-refractivity contribution in [3.8, 4) is 0 Å². The van der Waals surface area contributed by atoms with E-state index in [-0.39, 0.29) is 54.6 Å². The molecular weight excluding hydrogens is 366 g/mol. The highest BCUT2D eigenvalue weighted by Crippen LogP contribution is 2.58. The Morgan fingerprint density at radius 1 is 1.00 bits per heavy atom. The van der Waals surface area contributed by atoms with Crippen LogP contribution >= 0.6 is 0 Å². The molecule has 2 N–H and O–H groups in total. The van der Waals surface area contributed by atoms with Crippen LogP contribution in [0.3, 0.4) is 0 Å². The molecule has 0 bridgehead atoms. The minimum absolute atomic E-state index is 0.0212. The molecule has 1 aliphatic carbocycles. The highest BCUT2D eigenvalue weighted by Gasteiger charge is 2.59. The zero-order chi connectivity index (χ0) is 20.6. The topological polar surface area (TPSA) is 78.5 Å². The van der Waals surface area contributed by atoms with Crippen molar-refractivity contribution in [2.75, 3.05) is 5.32 Å². The lowest BCUT2D eigenvalue weighted by molar-refractivity contribution is -0.139. The Morgan fingerprint density at radius 2 is 1.62 bits per heavy atom. The fraction of sp³-hybridized carbons (Fsp3) is 0.348. The summed E-state index contributed by atoms with van der Waals surface area (Å²) in [6.07, 6.45) is 0.513. The lowest BCUT2D eigenvalue weighted by atomic mass is 10.0. The third-order valence-electron chi connectivity index (χ3n) is 6.02. The lowest BCUT2D eigenvalue weighted by Gasteiger charge is -2.17. The molecule has 1 heterocycles. The molecule has 4 amide bonds. The standard InChI is InChI=1S/C23H25N3O3/c1-23(2)20(15-8-4-3-5-9-15)21(23)25-22(29)24-17-11-7-6-10-16(17)14-26-18(27)12-13-19(26)28/h3-11,20-21H,12-14H2,1-2H3,(H2,24,25,29)/t20-,21-/m0/s1. The summed E-state index contributed by atoms with van der Waals surface area (Å²) in [7, 11) is 0. The van der Waals surface area contributed by atoms with Gasteiger partial charge in [-0.2, -0.15) is 0 Å². The number of rotatable bonds is 5. The monoisotopic (exact) mass is 391 g/mol. The van der Waals surface area contributed by atoms with Gasteiger partial charge in [0.1, 0.15) is 0 Å². The lowest BCUT2D eigenvalue weighted by Crippen LogP contribution is -2.34. The van der Waals surface area contributed by atoms with Gasteiger partial charge in [-0.15, -0.1) is 0 Å². The number of nitrogens with zero attached hydrogens (tertiary/aromatic N) is 1. The van der Waals surface area contributed by atoms with Crippen LogP contribution in [0.1, 0.15) is 43.7 Å². The van der Waals surface area contributed by atoms with E-state index in [0.717, 1.165) is 5.56 Å². The number of anilines is 1. The number of nitrogens with one attached hydrogen (secondary N) is 2. The van der Waals surface area contributed by atoms with E-state index in [9.17, 15) is 14.4 Å². The molecular formula is C23H25N3O3. The molecule has 6 nitrogen and oxygen atoms in total. The van der Waals surface area contributed by atoms with E-state index in [0.29, 0.717) is 5.69 Å². The van der Waals surface area contributed by atoms with Crippen LogP contribution in [0.15, 0.2) is 54.6 Å². The summed E-state index contributed by atoms with van der Waals surface area (Å²) in [6.45, 7) is 4.47. The van der Waals surface area contributed by atoms with Crippen LogP contribution in [0.4, 0.5) is 10.5 Å². The zero-order valence-corrected chi connectivity index (χ0v) is 16.6. The molecule has 29 heavy (non-hydrogen) atoms. The normalized spacial score (nSPS) is 22.5. The fourth-order valence-electron chi connectivity index (χ4n) is 4.24. The van der Waals surface area contributed by atoms with Crippen molar-refractivity contribution >= 4 is 23.5 Å². The predicted octanol–water partition coefficient (Wildman–Crippen LogP) is 3.65. The maximum absolute atomic E-state index is 12.7. The number of benzene rings is 2. The Morgan fingerprint density at radius 3 is 2.31 bits per heavy atom. The fourth-order valence-corrected chi connectivity index (χ4v) is 4.24. The Labute approximate surface area is 170 Å². The summed E-state index contributed by atoms with van der Waals surface area (Å²) in [5.74, 6) is -0.0658. The van der Waals surface area contributed by atoms with Gasteiger partial charge < -0.3 is 10.6 Å². The van der Waals surface area contributed by atoms with E-state index in [4.69, 9.17) is 0 Å². The van der Waals surface area contributed by atoms with Gasteiger partial charge in [-0.25, -0.2) is 4.79 Å². The van der Waals surface area contributed by atoms with Gasteiger partial charge in [-0.3, -0.25) is 14.5 Å². The van der Waals surface area contributed by atoms with Gasteiger partial charge in [0.2, 0.25) is 11.8 Å². The summed E-state index contributed by atoms with van der Waals surface area (Å²) < 4.78 is 0. The molecule has 4 rings (SSSR count). The molecule has 150 valence electrons. The van der Waals surface area contributed by atoms with Crippen molar-refractivity contribution < 1.29 is 14.4 Å². The first-order valence-electron chi connectivity index (χ1n) is 9.91. The van der Waals surface area contributed by atoms with Crippen molar-refractivity contribution in [2.24, 2.45) is 5.41 Å². The molecule has 0 radical (unpaired) electrons. The summed E-state index contributed by atoms with van der Waals surface area (Å²) in [6, 6.07) is 17.2. The first kappa shape index (κ1) is 19.2. The molecule has 2 aromatic rings. The Balaban J connectivity index is 1.43. The van der Waals surface area contributed by atoms with E-state index >= 15 is 0 Å². The maximum Gasteiger partial charge on any atom is 0.319 e. The Hall–Kier alpha value is -3.15. The van der Waals surface area contributed by atoms with Crippen molar-refractivity contribution in [1.82, 2.24) is 10.2 Å². The number of amides is 4. The highest BCUT2D eigenvalue weighted by atomic mass is 16.2. The van der Waals surface area contributed by atoms with Crippen LogP contribution in [0.2, 0.25) is 0 Å². The number of imide groups is 1. The summed E-state index contributed by atoms with van der Waals surface area (Å²) in [5, 5.41) is 5.98. The number of hydrogen-bond acceptors (Lipinski definition) is 3. The molecule has 0 unspecified atom stereocenters. The minimum atomic E-state index is -0.284. The van der Waals surface area contributed by atoms with Gasteiger partial charge in [0.25, 0.3) is 0 Å². The first-order chi connectivity index (χ1) is 13.9. The number of carbonyl (C=O) groups excluding carboxylic acids is 3. The second-order valence-corrected chi connectivity index (χ2v) is 8.32. The third kappa shape index (κ3) is 3.75. The molecule has 2 atom stereocenters. The molecule has 0 spiro atoms. The van der Waals surface area contributed by atoms with Crippen molar-refractivity contribution in [1.29, 1.82) is 0 Å². The smallest absolute Gasteiger partial charge is 0.319 e. The average Bonchev–Trinajstić information content (AvgIpc) is 3.09. The van der Waals surface area contributed by atoms with E-state index in [1.165, 1.54) is 10.5 Å². The minimum Gasteiger partial charge on any atom is -0.334 e. The number of para-hydroxylation sites is 1. The molecule has 2 aromatic carbocycles. The molecule has 1 aliphatic heterocycles. The third-order valence-corrected chi connectivity index (χ3v) is 6.02. The van der Waals surface area contributed by atoms with Crippen molar-refractivity contribution in [3.05, 3.63) is 65.7 Å². The summed E-state index contributed by atoms with van der Waals surface area (Å²) in [5.41, 5.74) is 2.54. The van der Waals surface area contributed by atoms with Crippen molar-refractivity contribution in [3.63, 3.8) is 0 Å². The van der Waals surface area contributed by atoms with Gasteiger partial charge in [0.05, 0.1) is 6.54 Å². The van der Waals surface area contributed by atoms with Gasteiger partial charge >= 0.3 is 6.03 Å². The molecule has 2 fully saturated rings. The molecule has 1 saturated carbocycles. The molecule has 2 aliphatic rings. The number of urea groups is 1. The SMILES string of the molecule is CC1(C)[C@@H](NC(=O)Nc2ccccc2CN2C(=O)CCC2=O)[C@@H]1c1ccccc1. The van der Waals surface area contributed by atoms with Crippen molar-refractivity contribution in [2.45, 2.75) is 45.2 Å². The van der Waals surface area contributed by atoms with E-state index < -0.39 is 0 Å².